The minimum atomic E-state index is -3.29. The summed E-state index contributed by atoms with van der Waals surface area (Å²) in [5.74, 6) is -0.822. The van der Waals surface area contributed by atoms with E-state index in [-0.39, 0.29) is 17.3 Å². The Morgan fingerprint density at radius 3 is 2.08 bits per heavy atom. The Balaban J connectivity index is 2.43. The number of esters is 1. The van der Waals surface area contributed by atoms with E-state index in [1.807, 2.05) is 0 Å². The van der Waals surface area contributed by atoms with Crippen molar-refractivity contribution in [2.45, 2.75) is 11.8 Å². The van der Waals surface area contributed by atoms with Crippen molar-refractivity contribution >= 4 is 21.4 Å². The molecular formula is C20H19FO4S. The molecule has 0 unspecified atom stereocenters. The maximum Gasteiger partial charge on any atom is 0.330 e. The van der Waals surface area contributed by atoms with E-state index in [9.17, 15) is 17.6 Å². The Kier molecular flexibility index (Phi) is 6.46. The van der Waals surface area contributed by atoms with Gasteiger partial charge in [0.2, 0.25) is 0 Å². The van der Waals surface area contributed by atoms with E-state index in [0.717, 1.165) is 17.4 Å². The lowest BCUT2D eigenvalue weighted by atomic mass is 9.97. The summed E-state index contributed by atoms with van der Waals surface area (Å²) in [6, 6.07) is 12.3. The zero-order valence-corrected chi connectivity index (χ0v) is 15.3. The van der Waals surface area contributed by atoms with E-state index in [2.05, 4.69) is 0 Å². The molecule has 2 rings (SSSR count). The molecule has 0 saturated heterocycles. The van der Waals surface area contributed by atoms with E-state index in [4.69, 9.17) is 4.74 Å². The van der Waals surface area contributed by atoms with E-state index < -0.39 is 15.8 Å². The van der Waals surface area contributed by atoms with Gasteiger partial charge >= 0.3 is 5.97 Å². The van der Waals surface area contributed by atoms with Crippen LogP contribution in [0.25, 0.3) is 5.57 Å². The van der Waals surface area contributed by atoms with Gasteiger partial charge in [0.25, 0.3) is 0 Å². The van der Waals surface area contributed by atoms with Gasteiger partial charge in [-0.1, -0.05) is 36.4 Å². The molecule has 0 heterocycles. The van der Waals surface area contributed by atoms with Gasteiger partial charge in [0.15, 0.2) is 9.84 Å². The van der Waals surface area contributed by atoms with Crippen LogP contribution in [-0.4, -0.2) is 27.2 Å². The van der Waals surface area contributed by atoms with Crippen LogP contribution in [0.15, 0.2) is 71.7 Å². The van der Waals surface area contributed by atoms with Crippen LogP contribution in [0.1, 0.15) is 18.1 Å². The molecule has 0 N–H and O–H groups in total. The smallest absolute Gasteiger partial charge is 0.330 e. The number of ether oxygens (including phenoxy) is 1. The van der Waals surface area contributed by atoms with Crippen molar-refractivity contribution < 1.29 is 22.3 Å². The van der Waals surface area contributed by atoms with Crippen molar-refractivity contribution in [1.82, 2.24) is 0 Å². The summed E-state index contributed by atoms with van der Waals surface area (Å²) in [6.45, 7) is 2.00. The lowest BCUT2D eigenvalue weighted by Gasteiger charge is -2.09. The average Bonchev–Trinajstić information content (AvgIpc) is 2.59. The number of benzene rings is 2. The molecule has 0 amide bonds. The van der Waals surface area contributed by atoms with Crippen molar-refractivity contribution in [3.8, 4) is 0 Å². The number of carbonyl (C=O) groups excluding carboxylic acids is 1. The second-order valence-electron chi connectivity index (χ2n) is 5.49. The molecule has 0 radical (unpaired) electrons. The van der Waals surface area contributed by atoms with Gasteiger partial charge in [-0.05, 0) is 47.9 Å². The average molecular weight is 374 g/mol. The first kappa shape index (κ1) is 19.6. The van der Waals surface area contributed by atoms with Crippen molar-refractivity contribution in [2.24, 2.45) is 0 Å². The summed E-state index contributed by atoms with van der Waals surface area (Å²) < 4.78 is 41.3. The van der Waals surface area contributed by atoms with Gasteiger partial charge in [0.1, 0.15) is 5.82 Å². The molecule has 0 saturated carbocycles. The molecule has 2 aromatic rings. The first-order valence-electron chi connectivity index (χ1n) is 7.93. The first-order chi connectivity index (χ1) is 12.3. The highest BCUT2D eigenvalue weighted by Gasteiger charge is 2.09. The van der Waals surface area contributed by atoms with Gasteiger partial charge in [-0.25, -0.2) is 17.6 Å². The predicted molar refractivity (Wildman–Crippen MR) is 98.8 cm³/mol. The predicted octanol–water partition coefficient (Wildman–Crippen LogP) is 3.78. The van der Waals surface area contributed by atoms with Crippen LogP contribution >= 0.6 is 0 Å². The Morgan fingerprint density at radius 1 is 1.04 bits per heavy atom. The second-order valence-corrected chi connectivity index (χ2v) is 7.51. The third-order valence-electron chi connectivity index (χ3n) is 3.53. The fraction of sp³-hybridized carbons (Fsp3) is 0.150. The molecule has 0 aliphatic rings. The van der Waals surface area contributed by atoms with Gasteiger partial charge in [-0.3, -0.25) is 0 Å². The van der Waals surface area contributed by atoms with Gasteiger partial charge in [-0.2, -0.15) is 0 Å². The summed E-state index contributed by atoms with van der Waals surface area (Å²) in [7, 11) is -3.29. The highest BCUT2D eigenvalue weighted by molar-refractivity contribution is 7.90. The third kappa shape index (κ3) is 5.39. The summed E-state index contributed by atoms with van der Waals surface area (Å²) in [5.41, 5.74) is 2.18. The molecule has 136 valence electrons. The van der Waals surface area contributed by atoms with Crippen LogP contribution in [-0.2, 0) is 19.4 Å². The second kappa shape index (κ2) is 8.58. The Hall–Kier alpha value is -2.73. The molecule has 0 aliphatic heterocycles. The molecule has 0 spiro atoms. The Morgan fingerprint density at radius 2 is 1.58 bits per heavy atom. The lowest BCUT2D eigenvalue weighted by molar-refractivity contribution is -0.137. The summed E-state index contributed by atoms with van der Waals surface area (Å²) in [5, 5.41) is 0. The number of allylic oxidation sites excluding steroid dienone is 2. The van der Waals surface area contributed by atoms with E-state index in [1.54, 1.807) is 43.3 Å². The quantitative estimate of drug-likeness (QED) is 0.439. The minimum absolute atomic E-state index is 0.210. The molecule has 0 aromatic heterocycles. The van der Waals surface area contributed by atoms with Crippen molar-refractivity contribution in [3.63, 3.8) is 0 Å². The van der Waals surface area contributed by atoms with Crippen molar-refractivity contribution in [1.29, 1.82) is 0 Å². The van der Waals surface area contributed by atoms with E-state index in [1.165, 1.54) is 30.3 Å². The SMILES string of the molecule is CCOC(=O)C=CC=C(c1ccc(F)cc1)c1ccc(S(C)(=O)=O)cc1. The summed E-state index contributed by atoms with van der Waals surface area (Å²) in [6.07, 6.45) is 5.67. The van der Waals surface area contributed by atoms with E-state index >= 15 is 0 Å². The molecule has 4 nitrogen and oxygen atoms in total. The maximum absolute atomic E-state index is 13.2. The number of rotatable bonds is 6. The lowest BCUT2D eigenvalue weighted by Crippen LogP contribution is -1.98. The number of hydrogen-bond donors (Lipinski definition) is 0. The van der Waals surface area contributed by atoms with Crippen LogP contribution in [0.3, 0.4) is 0 Å². The maximum atomic E-state index is 13.2. The highest BCUT2D eigenvalue weighted by atomic mass is 32.2. The van der Waals surface area contributed by atoms with Crippen LogP contribution in [0.5, 0.6) is 0 Å². The van der Waals surface area contributed by atoms with Gasteiger partial charge in [-0.15, -0.1) is 0 Å². The Labute approximate surface area is 152 Å². The highest BCUT2D eigenvalue weighted by Crippen LogP contribution is 2.25. The number of sulfone groups is 1. The molecular weight excluding hydrogens is 355 g/mol. The molecule has 26 heavy (non-hydrogen) atoms. The molecule has 2 aromatic carbocycles. The largest absolute Gasteiger partial charge is 0.463 e. The molecule has 0 bridgehead atoms. The molecule has 6 heteroatoms. The van der Waals surface area contributed by atoms with Crippen LogP contribution in [0.4, 0.5) is 4.39 Å². The molecule has 0 atom stereocenters. The summed E-state index contributed by atoms with van der Waals surface area (Å²) in [4.78, 5) is 11.7. The van der Waals surface area contributed by atoms with Crippen LogP contribution in [0, 0.1) is 5.82 Å². The molecule has 0 fully saturated rings. The fourth-order valence-electron chi connectivity index (χ4n) is 2.28. The van der Waals surface area contributed by atoms with Crippen molar-refractivity contribution in [2.75, 3.05) is 12.9 Å². The van der Waals surface area contributed by atoms with Gasteiger partial charge in [0, 0.05) is 12.3 Å². The van der Waals surface area contributed by atoms with Gasteiger partial charge < -0.3 is 4.74 Å². The standard InChI is InChI=1S/C20H19FO4S/c1-3-25-20(22)6-4-5-19(15-7-11-17(21)12-8-15)16-9-13-18(14-10-16)26(2,23)24/h4-14H,3H2,1-2H3. The van der Waals surface area contributed by atoms with E-state index in [0.29, 0.717) is 5.57 Å². The minimum Gasteiger partial charge on any atom is -0.463 e. The van der Waals surface area contributed by atoms with Crippen LogP contribution in [0.2, 0.25) is 0 Å². The fourth-order valence-corrected chi connectivity index (χ4v) is 2.91. The number of carbonyl (C=O) groups is 1. The molecule has 0 aliphatic carbocycles. The zero-order chi connectivity index (χ0) is 19.2. The summed E-state index contributed by atoms with van der Waals surface area (Å²) >= 11 is 0. The monoisotopic (exact) mass is 374 g/mol. The van der Waals surface area contributed by atoms with Gasteiger partial charge in [0.05, 0.1) is 11.5 Å². The number of hydrogen-bond acceptors (Lipinski definition) is 4. The third-order valence-corrected chi connectivity index (χ3v) is 4.66. The topological polar surface area (TPSA) is 60.4 Å². The first-order valence-corrected chi connectivity index (χ1v) is 9.82. The normalized spacial score (nSPS) is 12.3. The number of halogens is 1. The van der Waals surface area contributed by atoms with Crippen molar-refractivity contribution in [3.05, 3.63) is 83.7 Å². The Bertz CT molecular complexity index is 925. The zero-order valence-electron chi connectivity index (χ0n) is 14.5. The van der Waals surface area contributed by atoms with Crippen LogP contribution < -0.4 is 0 Å².